The van der Waals surface area contributed by atoms with Crippen LogP contribution in [0.1, 0.15) is 34.8 Å². The van der Waals surface area contributed by atoms with Gasteiger partial charge in [-0.25, -0.2) is 4.99 Å². The smallest absolute Gasteiger partial charge is 0.252 e. The second-order valence-electron chi connectivity index (χ2n) is 9.67. The zero-order chi connectivity index (χ0) is 27.8. The SMILES string of the molecule is O=C(NCc1cccc(Cl)c1)[C@]1(Cc2ccccc2)N=C(c2ccc(OCCCO)cc2)O[C@@H]1c1ccccc1. The molecule has 0 fully saturated rings. The van der Waals surface area contributed by atoms with Gasteiger partial charge in [0.15, 0.2) is 11.6 Å². The first-order valence-electron chi connectivity index (χ1n) is 13.3. The number of aliphatic hydroxyl groups is 1. The summed E-state index contributed by atoms with van der Waals surface area (Å²) in [5, 5.41) is 12.7. The molecule has 0 radical (unpaired) electrons. The summed E-state index contributed by atoms with van der Waals surface area (Å²) in [5.74, 6) is 0.846. The molecule has 0 bridgehead atoms. The molecule has 5 rings (SSSR count). The fraction of sp³-hybridized carbons (Fsp3) is 0.212. The Balaban J connectivity index is 1.52. The minimum atomic E-state index is -1.26. The summed E-state index contributed by atoms with van der Waals surface area (Å²) in [6.45, 7) is 0.811. The molecule has 204 valence electrons. The Labute approximate surface area is 239 Å². The Bertz CT molecular complexity index is 1440. The minimum absolute atomic E-state index is 0.0759. The van der Waals surface area contributed by atoms with Crippen LogP contribution < -0.4 is 10.1 Å². The van der Waals surface area contributed by atoms with E-state index in [0.717, 1.165) is 22.3 Å². The topological polar surface area (TPSA) is 80.2 Å². The van der Waals surface area contributed by atoms with Gasteiger partial charge in [-0.05, 0) is 53.1 Å². The lowest BCUT2D eigenvalue weighted by Crippen LogP contribution is -2.49. The molecule has 1 amide bonds. The van der Waals surface area contributed by atoms with Crippen LogP contribution in [0.15, 0.2) is 114 Å². The van der Waals surface area contributed by atoms with Gasteiger partial charge in [0.25, 0.3) is 5.91 Å². The summed E-state index contributed by atoms with van der Waals surface area (Å²) in [6, 6.07) is 34.5. The van der Waals surface area contributed by atoms with E-state index in [2.05, 4.69) is 5.32 Å². The fourth-order valence-corrected chi connectivity index (χ4v) is 5.01. The van der Waals surface area contributed by atoms with Crippen LogP contribution in [-0.4, -0.2) is 35.7 Å². The number of rotatable bonds is 11. The van der Waals surface area contributed by atoms with Crippen molar-refractivity contribution in [2.75, 3.05) is 13.2 Å². The first kappa shape index (κ1) is 27.4. The van der Waals surface area contributed by atoms with Gasteiger partial charge in [-0.1, -0.05) is 84.4 Å². The lowest BCUT2D eigenvalue weighted by Gasteiger charge is -2.31. The molecular weight excluding hydrogens is 524 g/mol. The predicted octanol–water partition coefficient (Wildman–Crippen LogP) is 5.92. The van der Waals surface area contributed by atoms with Gasteiger partial charge in [0.1, 0.15) is 5.75 Å². The summed E-state index contributed by atoms with van der Waals surface area (Å²) in [7, 11) is 0. The highest BCUT2D eigenvalue weighted by molar-refractivity contribution is 6.30. The van der Waals surface area contributed by atoms with Crippen LogP contribution in [0.4, 0.5) is 0 Å². The van der Waals surface area contributed by atoms with Gasteiger partial charge in [0, 0.05) is 36.6 Å². The van der Waals surface area contributed by atoms with Crippen molar-refractivity contribution in [1.29, 1.82) is 0 Å². The Hall–Kier alpha value is -4.13. The third-order valence-electron chi connectivity index (χ3n) is 6.79. The molecule has 7 heteroatoms. The van der Waals surface area contributed by atoms with Gasteiger partial charge in [-0.15, -0.1) is 0 Å². The van der Waals surface area contributed by atoms with Gasteiger partial charge in [0.05, 0.1) is 6.61 Å². The molecule has 1 aliphatic heterocycles. The maximum atomic E-state index is 14.2. The Morgan fingerprint density at radius 1 is 0.925 bits per heavy atom. The predicted molar refractivity (Wildman–Crippen MR) is 157 cm³/mol. The Morgan fingerprint density at radius 3 is 2.33 bits per heavy atom. The van der Waals surface area contributed by atoms with Crippen LogP contribution in [0, 0.1) is 0 Å². The van der Waals surface area contributed by atoms with Crippen LogP contribution in [0.3, 0.4) is 0 Å². The van der Waals surface area contributed by atoms with Gasteiger partial charge < -0.3 is 19.9 Å². The summed E-state index contributed by atoms with van der Waals surface area (Å²) < 4.78 is 12.2. The maximum Gasteiger partial charge on any atom is 0.252 e. The molecule has 0 saturated carbocycles. The highest BCUT2D eigenvalue weighted by Gasteiger charge is 2.53. The number of hydrogen-bond acceptors (Lipinski definition) is 5. The number of hydrogen-bond donors (Lipinski definition) is 2. The number of nitrogens with zero attached hydrogens (tertiary/aromatic N) is 1. The van der Waals surface area contributed by atoms with Crippen molar-refractivity contribution < 1.29 is 19.4 Å². The molecule has 1 heterocycles. The third kappa shape index (κ3) is 6.36. The number of ether oxygens (including phenoxy) is 2. The second-order valence-corrected chi connectivity index (χ2v) is 10.1. The summed E-state index contributed by atoms with van der Waals surface area (Å²) >= 11 is 6.18. The zero-order valence-corrected chi connectivity index (χ0v) is 22.8. The molecule has 2 N–H and O–H groups in total. The quantitative estimate of drug-likeness (QED) is 0.226. The number of carbonyl (C=O) groups is 1. The van der Waals surface area contributed by atoms with E-state index in [0.29, 0.717) is 42.7 Å². The van der Waals surface area contributed by atoms with Crippen LogP contribution in [0.5, 0.6) is 5.75 Å². The molecule has 0 spiro atoms. The van der Waals surface area contributed by atoms with E-state index in [9.17, 15) is 4.79 Å². The average molecular weight is 555 g/mol. The lowest BCUT2D eigenvalue weighted by atomic mass is 9.82. The van der Waals surface area contributed by atoms with Crippen molar-refractivity contribution in [3.05, 3.63) is 136 Å². The van der Waals surface area contributed by atoms with Gasteiger partial charge in [0.2, 0.25) is 5.90 Å². The van der Waals surface area contributed by atoms with Crippen molar-refractivity contribution in [3.8, 4) is 5.75 Å². The monoisotopic (exact) mass is 554 g/mol. The first-order chi connectivity index (χ1) is 19.6. The number of amides is 1. The van der Waals surface area contributed by atoms with Crippen molar-refractivity contribution in [2.45, 2.75) is 31.0 Å². The van der Waals surface area contributed by atoms with E-state index in [-0.39, 0.29) is 12.5 Å². The van der Waals surface area contributed by atoms with Crippen LogP contribution >= 0.6 is 11.6 Å². The van der Waals surface area contributed by atoms with E-state index < -0.39 is 11.6 Å². The molecule has 0 unspecified atom stereocenters. The Kier molecular flexibility index (Phi) is 8.79. The van der Waals surface area contributed by atoms with Crippen LogP contribution in [0.25, 0.3) is 0 Å². The molecule has 0 saturated heterocycles. The first-order valence-corrected chi connectivity index (χ1v) is 13.7. The molecule has 0 aromatic heterocycles. The molecule has 1 aliphatic rings. The zero-order valence-electron chi connectivity index (χ0n) is 22.0. The van der Waals surface area contributed by atoms with Crippen molar-refractivity contribution in [1.82, 2.24) is 5.32 Å². The Morgan fingerprint density at radius 2 is 1.62 bits per heavy atom. The van der Waals surface area contributed by atoms with Crippen LogP contribution in [0.2, 0.25) is 5.02 Å². The van der Waals surface area contributed by atoms with Crippen LogP contribution in [-0.2, 0) is 22.5 Å². The molecule has 6 nitrogen and oxygen atoms in total. The number of carbonyl (C=O) groups excluding carboxylic acids is 1. The number of aliphatic hydroxyl groups excluding tert-OH is 1. The normalized spacial score (nSPS) is 18.1. The molecular formula is C33H31ClN2O4. The highest BCUT2D eigenvalue weighted by atomic mass is 35.5. The number of halogens is 1. The average Bonchev–Trinajstić information content (AvgIpc) is 3.38. The van der Waals surface area contributed by atoms with Gasteiger partial charge in [-0.2, -0.15) is 0 Å². The second kappa shape index (κ2) is 12.8. The van der Waals surface area contributed by atoms with Crippen molar-refractivity contribution >= 4 is 23.4 Å². The van der Waals surface area contributed by atoms with Gasteiger partial charge in [-0.3, -0.25) is 4.79 Å². The minimum Gasteiger partial charge on any atom is -0.494 e. The molecule has 0 aliphatic carbocycles. The van der Waals surface area contributed by atoms with Crippen molar-refractivity contribution in [3.63, 3.8) is 0 Å². The molecule has 2 atom stereocenters. The summed E-state index contributed by atoms with van der Waals surface area (Å²) in [4.78, 5) is 19.3. The number of aliphatic imine (C=N–C) groups is 1. The van der Waals surface area contributed by atoms with Crippen molar-refractivity contribution in [2.24, 2.45) is 4.99 Å². The van der Waals surface area contributed by atoms with E-state index in [1.54, 1.807) is 6.07 Å². The molecule has 40 heavy (non-hydrogen) atoms. The molecule has 4 aromatic rings. The number of benzene rings is 4. The van der Waals surface area contributed by atoms with Gasteiger partial charge >= 0.3 is 0 Å². The summed E-state index contributed by atoms with van der Waals surface area (Å²) in [6.07, 6.45) is 0.257. The summed E-state index contributed by atoms with van der Waals surface area (Å²) in [5.41, 5.74) is 2.22. The number of nitrogens with one attached hydrogen (secondary N) is 1. The fourth-order valence-electron chi connectivity index (χ4n) is 4.80. The maximum absolute atomic E-state index is 14.2. The van der Waals surface area contributed by atoms with E-state index in [1.807, 2.05) is 103 Å². The largest absolute Gasteiger partial charge is 0.494 e. The lowest BCUT2D eigenvalue weighted by molar-refractivity contribution is -0.129. The highest BCUT2D eigenvalue weighted by Crippen LogP contribution is 2.42. The van der Waals surface area contributed by atoms with E-state index in [4.69, 9.17) is 31.2 Å². The molecule has 4 aromatic carbocycles. The van der Waals surface area contributed by atoms with E-state index >= 15 is 0 Å². The van der Waals surface area contributed by atoms with E-state index in [1.165, 1.54) is 0 Å². The third-order valence-corrected chi connectivity index (χ3v) is 7.03. The standard InChI is InChI=1S/C33H31ClN2O4/c34-28-14-7-11-25(21-28)23-35-32(38)33(22-24-9-3-1-4-10-24)30(26-12-5-2-6-13-26)40-31(36-33)27-15-17-29(18-16-27)39-20-8-19-37/h1-7,9-18,21,30,37H,8,19-20,22-23H2,(H,35,38)/t30-,33-/m1/s1.